The first-order valence-corrected chi connectivity index (χ1v) is 9.32. The Morgan fingerprint density at radius 1 is 0.760 bits per heavy atom. The molecule has 0 rings (SSSR count). The smallest absolute Gasteiger partial charge is 0.220 e. The highest BCUT2D eigenvalue weighted by molar-refractivity contribution is 5.76. The summed E-state index contributed by atoms with van der Waals surface area (Å²) in [5, 5.41) is 5.67. The van der Waals surface area contributed by atoms with Gasteiger partial charge in [-0.2, -0.15) is 0 Å². The van der Waals surface area contributed by atoms with E-state index in [-0.39, 0.29) is 11.8 Å². The number of ether oxygens (including phenoxy) is 3. The lowest BCUT2D eigenvalue weighted by Gasteiger charge is -2.08. The molecule has 0 aromatic carbocycles. The van der Waals surface area contributed by atoms with Crippen LogP contribution in [0.5, 0.6) is 0 Å². The van der Waals surface area contributed by atoms with Crippen molar-refractivity contribution in [1.82, 2.24) is 10.6 Å². The molecule has 25 heavy (non-hydrogen) atoms. The van der Waals surface area contributed by atoms with E-state index in [0.29, 0.717) is 71.5 Å². The molecule has 148 valence electrons. The molecule has 7 heteroatoms. The normalized spacial score (nSPS) is 10.9. The maximum absolute atomic E-state index is 11.4. The number of carbonyl (C=O) groups excluding carboxylic acids is 2. The van der Waals surface area contributed by atoms with Gasteiger partial charge in [0.1, 0.15) is 0 Å². The minimum Gasteiger partial charge on any atom is -0.379 e. The summed E-state index contributed by atoms with van der Waals surface area (Å²) in [6, 6.07) is 0. The molecular formula is C18H36N2O5. The monoisotopic (exact) mass is 360 g/mol. The van der Waals surface area contributed by atoms with Crippen LogP contribution >= 0.6 is 0 Å². The van der Waals surface area contributed by atoms with Crippen LogP contribution in [0.25, 0.3) is 0 Å². The van der Waals surface area contributed by atoms with E-state index in [1.807, 2.05) is 20.8 Å². The Morgan fingerprint density at radius 2 is 1.20 bits per heavy atom. The summed E-state index contributed by atoms with van der Waals surface area (Å²) in [6.45, 7) is 10.6. The van der Waals surface area contributed by atoms with E-state index in [2.05, 4.69) is 10.6 Å². The van der Waals surface area contributed by atoms with E-state index in [4.69, 9.17) is 14.2 Å². The van der Waals surface area contributed by atoms with Crippen LogP contribution in [0, 0.1) is 5.92 Å². The van der Waals surface area contributed by atoms with Gasteiger partial charge in [-0.05, 0) is 18.8 Å². The molecule has 0 saturated heterocycles. The molecule has 0 unspecified atom stereocenters. The van der Waals surface area contributed by atoms with E-state index in [0.717, 1.165) is 12.8 Å². The molecule has 0 aliphatic rings. The Labute approximate surface area is 152 Å². The van der Waals surface area contributed by atoms with Crippen LogP contribution in [0.2, 0.25) is 0 Å². The third-order valence-corrected chi connectivity index (χ3v) is 3.23. The number of nitrogens with one attached hydrogen (secondary N) is 2. The van der Waals surface area contributed by atoms with Crippen LogP contribution in [0.15, 0.2) is 0 Å². The highest BCUT2D eigenvalue weighted by Gasteiger charge is 2.03. The van der Waals surface area contributed by atoms with E-state index >= 15 is 0 Å². The molecule has 0 radical (unpaired) electrons. The Bertz CT molecular complexity index is 337. The van der Waals surface area contributed by atoms with Crippen LogP contribution in [0.3, 0.4) is 0 Å². The van der Waals surface area contributed by atoms with Gasteiger partial charge in [0, 0.05) is 39.1 Å². The average molecular weight is 360 g/mol. The van der Waals surface area contributed by atoms with E-state index in [9.17, 15) is 9.59 Å². The second-order valence-electron chi connectivity index (χ2n) is 6.20. The van der Waals surface area contributed by atoms with Gasteiger partial charge >= 0.3 is 0 Å². The van der Waals surface area contributed by atoms with Gasteiger partial charge in [0.2, 0.25) is 11.8 Å². The van der Waals surface area contributed by atoms with Gasteiger partial charge in [0.05, 0.1) is 26.4 Å². The zero-order valence-electron chi connectivity index (χ0n) is 16.1. The topological polar surface area (TPSA) is 85.9 Å². The fourth-order valence-electron chi connectivity index (χ4n) is 1.91. The number of hydrogen-bond acceptors (Lipinski definition) is 5. The van der Waals surface area contributed by atoms with Crippen LogP contribution in [0.4, 0.5) is 0 Å². The van der Waals surface area contributed by atoms with Crippen molar-refractivity contribution in [2.45, 2.75) is 46.5 Å². The Balaban J connectivity index is 3.12. The Kier molecular flexibility index (Phi) is 16.8. The molecule has 0 saturated carbocycles. The van der Waals surface area contributed by atoms with Crippen LogP contribution < -0.4 is 10.6 Å². The minimum absolute atomic E-state index is 0.0706. The van der Waals surface area contributed by atoms with Crippen molar-refractivity contribution >= 4 is 11.8 Å². The first-order valence-electron chi connectivity index (χ1n) is 9.32. The second kappa shape index (κ2) is 17.6. The molecule has 0 atom stereocenters. The number of carbonyl (C=O) groups is 2. The first kappa shape index (κ1) is 23.8. The van der Waals surface area contributed by atoms with Gasteiger partial charge in [-0.15, -0.1) is 0 Å². The molecule has 0 aromatic heterocycles. The Hall–Kier alpha value is -1.18. The number of amides is 2. The number of hydrogen-bond donors (Lipinski definition) is 2. The highest BCUT2D eigenvalue weighted by atomic mass is 16.5. The summed E-state index contributed by atoms with van der Waals surface area (Å²) in [5.41, 5.74) is 0. The van der Waals surface area contributed by atoms with Crippen LogP contribution in [-0.4, -0.2) is 64.5 Å². The summed E-state index contributed by atoms with van der Waals surface area (Å²) >= 11 is 0. The molecule has 0 bridgehead atoms. The SMILES string of the molecule is CCC(=O)NCCCOCCOCCOCCCNC(=O)CC(C)C. The first-order chi connectivity index (χ1) is 12.1. The molecule has 0 spiro atoms. The number of rotatable bonds is 17. The fraction of sp³-hybridized carbons (Fsp3) is 0.889. The van der Waals surface area contributed by atoms with Crippen LogP contribution in [-0.2, 0) is 23.8 Å². The van der Waals surface area contributed by atoms with Crippen LogP contribution in [0.1, 0.15) is 46.5 Å². The van der Waals surface area contributed by atoms with Gasteiger partial charge in [-0.1, -0.05) is 20.8 Å². The lowest BCUT2D eigenvalue weighted by atomic mass is 10.1. The van der Waals surface area contributed by atoms with Crippen molar-refractivity contribution in [3.8, 4) is 0 Å². The zero-order valence-corrected chi connectivity index (χ0v) is 16.1. The van der Waals surface area contributed by atoms with Gasteiger partial charge in [-0.25, -0.2) is 0 Å². The van der Waals surface area contributed by atoms with E-state index in [1.54, 1.807) is 0 Å². The second-order valence-corrected chi connectivity index (χ2v) is 6.20. The fourth-order valence-corrected chi connectivity index (χ4v) is 1.91. The molecule has 0 aromatic rings. The highest BCUT2D eigenvalue weighted by Crippen LogP contribution is 1.97. The predicted molar refractivity (Wildman–Crippen MR) is 97.5 cm³/mol. The lowest BCUT2D eigenvalue weighted by Crippen LogP contribution is -2.26. The quantitative estimate of drug-likeness (QED) is 0.384. The summed E-state index contributed by atoms with van der Waals surface area (Å²) in [4.78, 5) is 22.4. The Morgan fingerprint density at radius 3 is 1.64 bits per heavy atom. The maximum Gasteiger partial charge on any atom is 0.220 e. The van der Waals surface area contributed by atoms with Crippen molar-refractivity contribution in [2.75, 3.05) is 52.7 Å². The summed E-state index contributed by atoms with van der Waals surface area (Å²) < 4.78 is 16.2. The standard InChI is InChI=1S/C18H36N2O5/c1-4-17(21)19-7-5-9-23-11-13-25-14-12-24-10-6-8-20-18(22)15-16(2)3/h16H,4-15H2,1-3H3,(H,19,21)(H,20,22). The molecular weight excluding hydrogens is 324 g/mol. The molecule has 2 N–H and O–H groups in total. The zero-order chi connectivity index (χ0) is 18.8. The summed E-state index contributed by atoms with van der Waals surface area (Å²) in [6.07, 6.45) is 2.71. The van der Waals surface area contributed by atoms with Crippen molar-refractivity contribution in [3.63, 3.8) is 0 Å². The van der Waals surface area contributed by atoms with Crippen molar-refractivity contribution in [2.24, 2.45) is 5.92 Å². The van der Waals surface area contributed by atoms with Crippen molar-refractivity contribution < 1.29 is 23.8 Å². The molecule has 0 heterocycles. The maximum atomic E-state index is 11.4. The lowest BCUT2D eigenvalue weighted by molar-refractivity contribution is -0.122. The minimum atomic E-state index is 0.0706. The molecule has 7 nitrogen and oxygen atoms in total. The van der Waals surface area contributed by atoms with Gasteiger partial charge in [-0.3, -0.25) is 9.59 Å². The predicted octanol–water partition coefficient (Wildman–Crippen LogP) is 1.50. The molecule has 0 aliphatic carbocycles. The van der Waals surface area contributed by atoms with Gasteiger partial charge < -0.3 is 24.8 Å². The van der Waals surface area contributed by atoms with Gasteiger partial charge in [0.15, 0.2) is 0 Å². The average Bonchev–Trinajstić information content (AvgIpc) is 2.57. The summed E-state index contributed by atoms with van der Waals surface area (Å²) in [5.74, 6) is 0.562. The van der Waals surface area contributed by atoms with E-state index in [1.165, 1.54) is 0 Å². The summed E-state index contributed by atoms with van der Waals surface area (Å²) in [7, 11) is 0. The molecule has 2 amide bonds. The van der Waals surface area contributed by atoms with Crippen molar-refractivity contribution in [3.05, 3.63) is 0 Å². The molecule has 0 fully saturated rings. The van der Waals surface area contributed by atoms with E-state index < -0.39 is 0 Å². The third-order valence-electron chi connectivity index (χ3n) is 3.23. The molecule has 0 aliphatic heterocycles. The third kappa shape index (κ3) is 19.0. The van der Waals surface area contributed by atoms with Gasteiger partial charge in [0.25, 0.3) is 0 Å². The van der Waals surface area contributed by atoms with Crippen molar-refractivity contribution in [1.29, 1.82) is 0 Å². The largest absolute Gasteiger partial charge is 0.379 e.